The normalized spacial score (nSPS) is 22.9. The highest BCUT2D eigenvalue weighted by Gasteiger charge is 2.39. The monoisotopic (exact) mass is 542 g/mol. The van der Waals surface area contributed by atoms with Gasteiger partial charge in [0.2, 0.25) is 5.91 Å². The zero-order valence-corrected chi connectivity index (χ0v) is 21.3. The third-order valence-corrected chi connectivity index (χ3v) is 8.09. The number of rotatable bonds is 6. The van der Waals surface area contributed by atoms with Gasteiger partial charge in [0.15, 0.2) is 0 Å². The van der Waals surface area contributed by atoms with E-state index in [0.29, 0.717) is 27.9 Å². The van der Waals surface area contributed by atoms with E-state index in [2.05, 4.69) is 30.9 Å². The van der Waals surface area contributed by atoms with Gasteiger partial charge >= 0.3 is 6.36 Å². The van der Waals surface area contributed by atoms with Crippen molar-refractivity contribution in [1.82, 2.24) is 10.2 Å². The molecule has 2 fully saturated rings. The Kier molecular flexibility index (Phi) is 8.16. The summed E-state index contributed by atoms with van der Waals surface area (Å²) < 4.78 is 44.7. The molecule has 34 heavy (non-hydrogen) atoms. The van der Waals surface area contributed by atoms with Gasteiger partial charge in [-0.2, -0.15) is 0 Å². The Morgan fingerprint density at radius 3 is 2.38 bits per heavy atom. The molecule has 0 aromatic heterocycles. The van der Waals surface area contributed by atoms with E-state index < -0.39 is 6.36 Å². The zero-order chi connectivity index (χ0) is 24.3. The maximum Gasteiger partial charge on any atom is 0.573 e. The minimum atomic E-state index is -4.78. The number of carbonyl (C=O) groups is 1. The lowest BCUT2D eigenvalue weighted by Crippen LogP contribution is -2.37. The first-order chi connectivity index (χ1) is 16.2. The Labute approximate surface area is 208 Å². The molecule has 1 aromatic rings. The molecule has 1 aliphatic heterocycles. The molecule has 0 bridgehead atoms. The minimum absolute atomic E-state index is 0.0752. The average molecular weight is 543 g/mol. The summed E-state index contributed by atoms with van der Waals surface area (Å²) in [6.07, 6.45) is 6.85. The highest BCUT2D eigenvalue weighted by Crippen LogP contribution is 2.45. The largest absolute Gasteiger partial charge is 0.573 e. The number of nitrogens with one attached hydrogen (secondary N) is 1. The summed E-state index contributed by atoms with van der Waals surface area (Å²) in [4.78, 5) is 15.5. The summed E-state index contributed by atoms with van der Waals surface area (Å²) in [7, 11) is 0. The van der Waals surface area contributed by atoms with Gasteiger partial charge in [-0.3, -0.25) is 4.79 Å². The van der Waals surface area contributed by atoms with Crippen LogP contribution in [0.2, 0.25) is 0 Å². The van der Waals surface area contributed by atoms with E-state index in [9.17, 15) is 18.0 Å². The van der Waals surface area contributed by atoms with Gasteiger partial charge in [-0.15, -0.1) is 13.2 Å². The van der Waals surface area contributed by atoms with Crippen molar-refractivity contribution < 1.29 is 22.7 Å². The molecule has 188 valence electrons. The first-order valence-corrected chi connectivity index (χ1v) is 13.3. The quantitative estimate of drug-likeness (QED) is 0.407. The lowest BCUT2D eigenvalue weighted by molar-refractivity contribution is -0.275. The summed E-state index contributed by atoms with van der Waals surface area (Å²) >= 11 is 3.42. The molecular weight excluding hydrogens is 509 g/mol. The van der Waals surface area contributed by atoms with Crippen molar-refractivity contribution in [2.24, 2.45) is 5.92 Å². The number of nitrogens with zero attached hydrogens (tertiary/aromatic N) is 1. The molecular formula is C26H34BrF3N2O2. The van der Waals surface area contributed by atoms with Crippen LogP contribution in [0.25, 0.3) is 0 Å². The number of halogens is 4. The Hall–Kier alpha value is -1.70. The fourth-order valence-electron chi connectivity index (χ4n) is 5.82. The van der Waals surface area contributed by atoms with Crippen LogP contribution in [0.5, 0.6) is 5.75 Å². The van der Waals surface area contributed by atoms with Gasteiger partial charge in [0.1, 0.15) is 5.75 Å². The van der Waals surface area contributed by atoms with Crippen molar-refractivity contribution in [3.63, 3.8) is 0 Å². The van der Waals surface area contributed by atoms with Gasteiger partial charge in [-0.05, 0) is 56.7 Å². The van der Waals surface area contributed by atoms with Crippen LogP contribution in [-0.4, -0.2) is 29.8 Å². The molecule has 1 heterocycles. The van der Waals surface area contributed by atoms with Crippen LogP contribution in [0.1, 0.15) is 89.2 Å². The second-order valence-electron chi connectivity index (χ2n) is 9.98. The minimum Gasteiger partial charge on any atom is -0.405 e. The smallest absolute Gasteiger partial charge is 0.405 e. The Bertz CT molecular complexity index is 906. The lowest BCUT2D eigenvalue weighted by atomic mass is 9.88. The molecule has 1 N–H and O–H groups in total. The van der Waals surface area contributed by atoms with Crippen LogP contribution >= 0.6 is 15.9 Å². The number of hydrogen-bond acceptors (Lipinski definition) is 3. The molecule has 2 aliphatic carbocycles. The van der Waals surface area contributed by atoms with Gasteiger partial charge in [0.25, 0.3) is 0 Å². The van der Waals surface area contributed by atoms with E-state index in [-0.39, 0.29) is 23.7 Å². The van der Waals surface area contributed by atoms with E-state index in [1.165, 1.54) is 31.7 Å². The molecule has 2 saturated carbocycles. The molecule has 1 aromatic carbocycles. The van der Waals surface area contributed by atoms with E-state index in [0.717, 1.165) is 50.8 Å². The van der Waals surface area contributed by atoms with Crippen LogP contribution < -0.4 is 10.1 Å². The number of ether oxygens (including phenoxy) is 1. The zero-order valence-electron chi connectivity index (χ0n) is 19.7. The SMILES string of the molecule is CC1=C(C(=O)NC2CCCCC2)CC(c2cc(Br)ccc2OC(F)(F)F)N1CC1CCCCC1. The number of allylic oxidation sites excluding steroid dienone is 1. The maximum absolute atomic E-state index is 13.3. The molecule has 0 saturated heterocycles. The van der Waals surface area contributed by atoms with E-state index in [4.69, 9.17) is 0 Å². The standard InChI is InChI=1S/C26H34BrF3N2O2/c1-17-21(25(33)31-20-10-6-3-7-11-20)15-23(32(17)16-18-8-4-2-5-9-18)22-14-19(27)12-13-24(22)34-26(28,29)30/h12-14,18,20,23H,2-11,15-16H2,1H3,(H,31,33). The third kappa shape index (κ3) is 6.29. The van der Waals surface area contributed by atoms with Gasteiger partial charge < -0.3 is 15.0 Å². The topological polar surface area (TPSA) is 41.6 Å². The highest BCUT2D eigenvalue weighted by atomic mass is 79.9. The second-order valence-corrected chi connectivity index (χ2v) is 10.9. The van der Waals surface area contributed by atoms with Crippen LogP contribution in [0.4, 0.5) is 13.2 Å². The molecule has 1 atom stereocenters. The molecule has 1 unspecified atom stereocenters. The van der Waals surface area contributed by atoms with Gasteiger partial charge in [0, 0.05) is 40.3 Å². The summed E-state index contributed by atoms with van der Waals surface area (Å²) in [5.41, 5.74) is 2.02. The molecule has 1 amide bonds. The molecule has 0 radical (unpaired) electrons. The third-order valence-electron chi connectivity index (χ3n) is 7.59. The van der Waals surface area contributed by atoms with Gasteiger partial charge in [-0.25, -0.2) is 0 Å². The fourth-order valence-corrected chi connectivity index (χ4v) is 6.20. The predicted molar refractivity (Wildman–Crippen MR) is 129 cm³/mol. The average Bonchev–Trinajstić information content (AvgIpc) is 3.11. The first-order valence-electron chi connectivity index (χ1n) is 12.5. The second kappa shape index (κ2) is 10.9. The summed E-state index contributed by atoms with van der Waals surface area (Å²) in [5.74, 6) is 0.205. The number of alkyl halides is 3. The van der Waals surface area contributed by atoms with Crippen molar-refractivity contribution in [2.45, 2.75) is 96.0 Å². The van der Waals surface area contributed by atoms with Crippen molar-refractivity contribution in [1.29, 1.82) is 0 Å². The Balaban J connectivity index is 1.63. The van der Waals surface area contributed by atoms with Crippen LogP contribution in [-0.2, 0) is 4.79 Å². The Morgan fingerprint density at radius 1 is 1.09 bits per heavy atom. The molecule has 4 nitrogen and oxygen atoms in total. The maximum atomic E-state index is 13.3. The Morgan fingerprint density at radius 2 is 1.74 bits per heavy atom. The van der Waals surface area contributed by atoms with Gasteiger partial charge in [0.05, 0.1) is 6.04 Å². The van der Waals surface area contributed by atoms with E-state index >= 15 is 0 Å². The lowest BCUT2D eigenvalue weighted by Gasteiger charge is -2.34. The fraction of sp³-hybridized carbons (Fsp3) is 0.654. The van der Waals surface area contributed by atoms with Crippen molar-refractivity contribution >= 4 is 21.8 Å². The molecule has 4 rings (SSSR count). The summed E-state index contributed by atoms with van der Waals surface area (Å²) in [5, 5.41) is 3.21. The summed E-state index contributed by atoms with van der Waals surface area (Å²) in [6, 6.07) is 4.43. The number of hydrogen-bond donors (Lipinski definition) is 1. The first kappa shape index (κ1) is 25.4. The van der Waals surface area contributed by atoms with E-state index in [1.54, 1.807) is 12.1 Å². The van der Waals surface area contributed by atoms with E-state index in [1.807, 2.05) is 6.92 Å². The summed E-state index contributed by atoms with van der Waals surface area (Å²) in [6.45, 7) is 2.69. The van der Waals surface area contributed by atoms with Crippen LogP contribution in [0, 0.1) is 5.92 Å². The number of amides is 1. The van der Waals surface area contributed by atoms with Crippen molar-refractivity contribution in [3.05, 3.63) is 39.5 Å². The van der Waals surface area contributed by atoms with Crippen LogP contribution in [0.15, 0.2) is 33.9 Å². The molecule has 3 aliphatic rings. The molecule has 0 spiro atoms. The number of carbonyl (C=O) groups excluding carboxylic acids is 1. The van der Waals surface area contributed by atoms with Crippen molar-refractivity contribution in [3.8, 4) is 5.75 Å². The highest BCUT2D eigenvalue weighted by molar-refractivity contribution is 9.10. The molecule has 8 heteroatoms. The number of benzene rings is 1. The van der Waals surface area contributed by atoms with Gasteiger partial charge in [-0.1, -0.05) is 54.5 Å². The van der Waals surface area contributed by atoms with Crippen molar-refractivity contribution in [2.75, 3.05) is 6.54 Å². The predicted octanol–water partition coefficient (Wildman–Crippen LogP) is 7.40. The van der Waals surface area contributed by atoms with Crippen LogP contribution in [0.3, 0.4) is 0 Å².